The lowest BCUT2D eigenvalue weighted by Gasteiger charge is -2.06. The van der Waals surface area contributed by atoms with Gasteiger partial charge in [0.05, 0.1) is 6.42 Å². The maximum Gasteiger partial charge on any atom is 0.354 e. The number of carbonyl (C=O) groups excluding carboxylic acids is 1. The van der Waals surface area contributed by atoms with Gasteiger partial charge in [0, 0.05) is 12.7 Å². The summed E-state index contributed by atoms with van der Waals surface area (Å²) in [5.41, 5.74) is 0.938. The van der Waals surface area contributed by atoms with E-state index in [1.54, 1.807) is 24.3 Å². The molecule has 6 heteroatoms. The number of pyridine rings is 1. The van der Waals surface area contributed by atoms with Crippen LogP contribution < -0.4 is 5.32 Å². The van der Waals surface area contributed by atoms with Gasteiger partial charge in [-0.25, -0.2) is 14.2 Å². The van der Waals surface area contributed by atoms with Crippen molar-refractivity contribution in [1.82, 2.24) is 10.3 Å². The van der Waals surface area contributed by atoms with Gasteiger partial charge in [-0.15, -0.1) is 0 Å². The van der Waals surface area contributed by atoms with Crippen molar-refractivity contribution in [3.05, 3.63) is 65.2 Å². The standard InChI is InChI=1S/C15H13FN2O3/c16-12-4-2-1-3-11(12)7-14(19)18-9-10-5-6-13(15(20)21)17-8-10/h1-6,8H,7,9H2,(H,18,19)(H,20,21). The maximum absolute atomic E-state index is 13.4. The fourth-order valence-electron chi connectivity index (χ4n) is 1.73. The second kappa shape index (κ2) is 6.60. The first kappa shape index (κ1) is 14.6. The van der Waals surface area contributed by atoms with Gasteiger partial charge >= 0.3 is 5.97 Å². The predicted molar refractivity (Wildman–Crippen MR) is 73.1 cm³/mol. The molecule has 5 nitrogen and oxygen atoms in total. The summed E-state index contributed by atoms with van der Waals surface area (Å²) in [5.74, 6) is -1.84. The van der Waals surface area contributed by atoms with Crippen LogP contribution in [-0.4, -0.2) is 22.0 Å². The summed E-state index contributed by atoms with van der Waals surface area (Å²) < 4.78 is 13.4. The highest BCUT2D eigenvalue weighted by Crippen LogP contribution is 2.07. The van der Waals surface area contributed by atoms with Gasteiger partial charge in [-0.3, -0.25) is 4.79 Å². The average molecular weight is 288 g/mol. The maximum atomic E-state index is 13.4. The largest absolute Gasteiger partial charge is 0.477 e. The summed E-state index contributed by atoms with van der Waals surface area (Å²) >= 11 is 0. The van der Waals surface area contributed by atoms with Crippen molar-refractivity contribution in [3.8, 4) is 0 Å². The number of benzene rings is 1. The zero-order valence-corrected chi connectivity index (χ0v) is 11.0. The van der Waals surface area contributed by atoms with E-state index in [1.165, 1.54) is 18.3 Å². The molecule has 0 unspecified atom stereocenters. The van der Waals surface area contributed by atoms with Crippen molar-refractivity contribution in [2.75, 3.05) is 0 Å². The molecule has 1 aromatic carbocycles. The van der Waals surface area contributed by atoms with Crippen molar-refractivity contribution >= 4 is 11.9 Å². The molecule has 0 aliphatic rings. The van der Waals surface area contributed by atoms with Crippen molar-refractivity contribution < 1.29 is 19.1 Å². The Morgan fingerprint density at radius 1 is 1.19 bits per heavy atom. The molecule has 2 N–H and O–H groups in total. The fraction of sp³-hybridized carbons (Fsp3) is 0.133. The van der Waals surface area contributed by atoms with E-state index in [1.807, 2.05) is 0 Å². The summed E-state index contributed by atoms with van der Waals surface area (Å²) in [6.07, 6.45) is 1.33. The minimum Gasteiger partial charge on any atom is -0.477 e. The van der Waals surface area contributed by atoms with Crippen LogP contribution >= 0.6 is 0 Å². The fourth-order valence-corrected chi connectivity index (χ4v) is 1.73. The predicted octanol–water partition coefficient (Wildman–Crippen LogP) is 1.78. The molecule has 2 aromatic rings. The number of nitrogens with one attached hydrogen (secondary N) is 1. The number of halogens is 1. The molecule has 1 amide bonds. The number of amides is 1. The first-order valence-corrected chi connectivity index (χ1v) is 6.24. The van der Waals surface area contributed by atoms with Crippen molar-refractivity contribution in [2.45, 2.75) is 13.0 Å². The third kappa shape index (κ3) is 4.10. The highest BCUT2D eigenvalue weighted by molar-refractivity contribution is 5.85. The Morgan fingerprint density at radius 3 is 2.57 bits per heavy atom. The molecule has 0 fully saturated rings. The number of carboxylic acids is 1. The Kier molecular flexibility index (Phi) is 4.61. The molecule has 0 aliphatic heterocycles. The minimum absolute atomic E-state index is 0.0483. The molecule has 1 heterocycles. The van der Waals surface area contributed by atoms with Crippen LogP contribution in [0.25, 0.3) is 0 Å². The van der Waals surface area contributed by atoms with Crippen LogP contribution in [0.1, 0.15) is 21.6 Å². The van der Waals surface area contributed by atoms with Crippen LogP contribution in [0.15, 0.2) is 42.6 Å². The number of aromatic nitrogens is 1. The second-order valence-corrected chi connectivity index (χ2v) is 4.40. The molecule has 0 saturated heterocycles. The van der Waals surface area contributed by atoms with Crippen molar-refractivity contribution in [2.24, 2.45) is 0 Å². The van der Waals surface area contributed by atoms with Gasteiger partial charge in [0.2, 0.25) is 5.91 Å². The van der Waals surface area contributed by atoms with Gasteiger partial charge in [-0.05, 0) is 23.3 Å². The number of hydrogen-bond donors (Lipinski definition) is 2. The number of hydrogen-bond acceptors (Lipinski definition) is 3. The van der Waals surface area contributed by atoms with Crippen LogP contribution in [0.5, 0.6) is 0 Å². The van der Waals surface area contributed by atoms with Gasteiger partial charge in [-0.2, -0.15) is 0 Å². The van der Waals surface area contributed by atoms with Gasteiger partial charge in [-0.1, -0.05) is 24.3 Å². The van der Waals surface area contributed by atoms with E-state index in [4.69, 9.17) is 5.11 Å². The molecule has 21 heavy (non-hydrogen) atoms. The number of carbonyl (C=O) groups is 2. The van der Waals surface area contributed by atoms with Crippen molar-refractivity contribution in [1.29, 1.82) is 0 Å². The van der Waals surface area contributed by atoms with E-state index in [9.17, 15) is 14.0 Å². The van der Waals surface area contributed by atoms with Crippen LogP contribution in [0.4, 0.5) is 4.39 Å². The summed E-state index contributed by atoms with van der Waals surface area (Å²) in [7, 11) is 0. The zero-order valence-electron chi connectivity index (χ0n) is 11.0. The van der Waals surface area contributed by atoms with Crippen LogP contribution in [-0.2, 0) is 17.8 Å². The van der Waals surface area contributed by atoms with E-state index in [0.29, 0.717) is 11.1 Å². The monoisotopic (exact) mass is 288 g/mol. The molecular formula is C15H13FN2O3. The molecule has 0 aliphatic carbocycles. The van der Waals surface area contributed by atoms with E-state index < -0.39 is 11.8 Å². The molecule has 0 spiro atoms. The topological polar surface area (TPSA) is 79.3 Å². The Hall–Kier alpha value is -2.76. The Labute approximate surface area is 120 Å². The lowest BCUT2D eigenvalue weighted by molar-refractivity contribution is -0.120. The molecule has 0 atom stereocenters. The Bertz CT molecular complexity index is 656. The third-order valence-corrected chi connectivity index (χ3v) is 2.84. The SMILES string of the molecule is O=C(Cc1ccccc1F)NCc1ccc(C(=O)O)nc1. The molecule has 108 valence electrons. The quantitative estimate of drug-likeness (QED) is 0.879. The first-order chi connectivity index (χ1) is 10.1. The molecular weight excluding hydrogens is 275 g/mol. The minimum atomic E-state index is -1.11. The van der Waals surface area contributed by atoms with Gasteiger partial charge in [0.1, 0.15) is 11.5 Å². The summed E-state index contributed by atoms with van der Waals surface area (Å²) in [6.45, 7) is 0.209. The van der Waals surface area contributed by atoms with Gasteiger partial charge in [0.15, 0.2) is 0 Å². The van der Waals surface area contributed by atoms with E-state index in [2.05, 4.69) is 10.3 Å². The first-order valence-electron chi connectivity index (χ1n) is 6.24. The normalized spacial score (nSPS) is 10.1. The van der Waals surface area contributed by atoms with Crippen LogP contribution in [0.2, 0.25) is 0 Å². The number of rotatable bonds is 5. The average Bonchev–Trinajstić information content (AvgIpc) is 2.48. The smallest absolute Gasteiger partial charge is 0.354 e. The third-order valence-electron chi connectivity index (χ3n) is 2.84. The van der Waals surface area contributed by atoms with Gasteiger partial charge < -0.3 is 10.4 Å². The van der Waals surface area contributed by atoms with E-state index in [-0.39, 0.29) is 24.6 Å². The number of carboxylic acid groups (broad SMARTS) is 1. The summed E-state index contributed by atoms with van der Waals surface area (Å²) in [5, 5.41) is 11.3. The lowest BCUT2D eigenvalue weighted by Crippen LogP contribution is -2.25. The summed E-state index contributed by atoms with van der Waals surface area (Å²) in [4.78, 5) is 26.1. The second-order valence-electron chi connectivity index (χ2n) is 4.40. The number of nitrogens with zero attached hydrogens (tertiary/aromatic N) is 1. The van der Waals surface area contributed by atoms with E-state index in [0.717, 1.165) is 0 Å². The van der Waals surface area contributed by atoms with Crippen LogP contribution in [0, 0.1) is 5.82 Å². The molecule has 0 saturated carbocycles. The zero-order chi connectivity index (χ0) is 15.2. The van der Waals surface area contributed by atoms with Gasteiger partial charge in [0.25, 0.3) is 0 Å². The van der Waals surface area contributed by atoms with Crippen LogP contribution in [0.3, 0.4) is 0 Å². The Morgan fingerprint density at radius 2 is 1.95 bits per heavy atom. The molecule has 0 radical (unpaired) electrons. The molecule has 1 aromatic heterocycles. The van der Waals surface area contributed by atoms with E-state index >= 15 is 0 Å². The highest BCUT2D eigenvalue weighted by Gasteiger charge is 2.08. The molecule has 0 bridgehead atoms. The number of aromatic carboxylic acids is 1. The lowest BCUT2D eigenvalue weighted by atomic mass is 10.1. The Balaban J connectivity index is 1.89. The van der Waals surface area contributed by atoms with Crippen molar-refractivity contribution in [3.63, 3.8) is 0 Å². The molecule has 2 rings (SSSR count). The highest BCUT2D eigenvalue weighted by atomic mass is 19.1. The summed E-state index contributed by atoms with van der Waals surface area (Å²) in [6, 6.07) is 9.02.